The molecule has 3 heteroatoms. The van der Waals surface area contributed by atoms with Crippen LogP contribution in [0.25, 0.3) is 22.8 Å². The molecule has 1 aliphatic rings. The monoisotopic (exact) mass is 247 g/mol. The van der Waals surface area contributed by atoms with Crippen LogP contribution in [0.3, 0.4) is 0 Å². The molecule has 3 nitrogen and oxygen atoms in total. The van der Waals surface area contributed by atoms with E-state index in [0.29, 0.717) is 0 Å². The second kappa shape index (κ2) is 3.79. The summed E-state index contributed by atoms with van der Waals surface area (Å²) >= 11 is 0. The molecule has 0 unspecified atom stereocenters. The summed E-state index contributed by atoms with van der Waals surface area (Å²) in [5, 5.41) is 4.62. The molecule has 2 aromatic carbocycles. The maximum absolute atomic E-state index is 4.70. The molecule has 0 spiro atoms. The van der Waals surface area contributed by atoms with Crippen molar-refractivity contribution in [1.82, 2.24) is 14.8 Å². The van der Waals surface area contributed by atoms with E-state index < -0.39 is 0 Å². The number of hydrogen-bond donors (Lipinski definition) is 0. The SMILES string of the molecule is Cc1cccc(-c2nc3n(n2)Cc2ccccc2-3)c1. The normalized spacial score (nSPS) is 12.3. The van der Waals surface area contributed by atoms with Crippen molar-refractivity contribution in [3.63, 3.8) is 0 Å². The van der Waals surface area contributed by atoms with E-state index in [0.717, 1.165) is 23.8 Å². The van der Waals surface area contributed by atoms with Gasteiger partial charge in [-0.1, -0.05) is 48.0 Å². The summed E-state index contributed by atoms with van der Waals surface area (Å²) in [6.07, 6.45) is 0. The first kappa shape index (κ1) is 10.5. The minimum atomic E-state index is 0.813. The molecule has 0 saturated heterocycles. The highest BCUT2D eigenvalue weighted by Gasteiger charge is 2.22. The zero-order valence-corrected chi connectivity index (χ0v) is 10.7. The Morgan fingerprint density at radius 2 is 1.95 bits per heavy atom. The van der Waals surface area contributed by atoms with Crippen LogP contribution in [-0.4, -0.2) is 14.8 Å². The van der Waals surface area contributed by atoms with Gasteiger partial charge in [-0.05, 0) is 18.6 Å². The van der Waals surface area contributed by atoms with E-state index in [2.05, 4.69) is 54.5 Å². The summed E-state index contributed by atoms with van der Waals surface area (Å²) in [7, 11) is 0. The van der Waals surface area contributed by atoms with Gasteiger partial charge < -0.3 is 0 Å². The van der Waals surface area contributed by atoms with Gasteiger partial charge in [0.05, 0.1) is 6.54 Å². The van der Waals surface area contributed by atoms with Crippen LogP contribution in [0.5, 0.6) is 0 Å². The van der Waals surface area contributed by atoms with Gasteiger partial charge in [0.1, 0.15) is 0 Å². The summed E-state index contributed by atoms with van der Waals surface area (Å²) < 4.78 is 1.99. The highest BCUT2D eigenvalue weighted by molar-refractivity contribution is 5.67. The Balaban J connectivity index is 1.85. The first-order chi connectivity index (χ1) is 9.31. The van der Waals surface area contributed by atoms with Crippen LogP contribution in [-0.2, 0) is 6.54 Å². The topological polar surface area (TPSA) is 30.7 Å². The molecule has 1 aliphatic heterocycles. The fourth-order valence-corrected chi connectivity index (χ4v) is 2.60. The number of benzene rings is 2. The van der Waals surface area contributed by atoms with Crippen LogP contribution in [0.2, 0.25) is 0 Å². The lowest BCUT2D eigenvalue weighted by Crippen LogP contribution is -1.95. The zero-order valence-electron chi connectivity index (χ0n) is 10.7. The van der Waals surface area contributed by atoms with E-state index in [1.807, 2.05) is 10.7 Å². The Hall–Kier alpha value is -2.42. The quantitative estimate of drug-likeness (QED) is 0.517. The van der Waals surface area contributed by atoms with E-state index in [-0.39, 0.29) is 0 Å². The van der Waals surface area contributed by atoms with Crippen molar-refractivity contribution in [3.8, 4) is 22.8 Å². The van der Waals surface area contributed by atoms with Crippen molar-refractivity contribution < 1.29 is 0 Å². The molecule has 0 fully saturated rings. The number of aryl methyl sites for hydroxylation is 1. The summed E-state index contributed by atoms with van der Waals surface area (Å²) in [5.41, 5.74) is 4.81. The first-order valence-corrected chi connectivity index (χ1v) is 6.41. The predicted molar refractivity (Wildman–Crippen MR) is 74.7 cm³/mol. The fraction of sp³-hybridized carbons (Fsp3) is 0.125. The van der Waals surface area contributed by atoms with Crippen LogP contribution >= 0.6 is 0 Å². The Morgan fingerprint density at radius 1 is 1.05 bits per heavy atom. The van der Waals surface area contributed by atoms with Crippen molar-refractivity contribution in [2.24, 2.45) is 0 Å². The molecular weight excluding hydrogens is 234 g/mol. The number of nitrogens with zero attached hydrogens (tertiary/aromatic N) is 3. The van der Waals surface area contributed by atoms with Gasteiger partial charge in [-0.2, -0.15) is 5.10 Å². The largest absolute Gasteiger partial charge is 0.241 e. The molecule has 19 heavy (non-hydrogen) atoms. The second-order valence-corrected chi connectivity index (χ2v) is 4.94. The number of rotatable bonds is 1. The molecule has 0 radical (unpaired) electrons. The number of aromatic nitrogens is 3. The average Bonchev–Trinajstić information content (AvgIpc) is 2.96. The molecule has 0 N–H and O–H groups in total. The molecule has 3 aromatic rings. The third-order valence-corrected chi connectivity index (χ3v) is 3.53. The molecule has 92 valence electrons. The standard InChI is InChI=1S/C16H13N3/c1-11-5-4-7-12(9-11)15-17-16-14-8-3-2-6-13(14)10-19(16)18-15/h2-9H,10H2,1H3. The second-order valence-electron chi connectivity index (χ2n) is 4.94. The van der Waals surface area contributed by atoms with Crippen molar-refractivity contribution in [2.45, 2.75) is 13.5 Å². The Kier molecular flexibility index (Phi) is 2.09. The lowest BCUT2D eigenvalue weighted by atomic mass is 10.1. The van der Waals surface area contributed by atoms with Crippen LogP contribution in [0.1, 0.15) is 11.1 Å². The smallest absolute Gasteiger partial charge is 0.181 e. The van der Waals surface area contributed by atoms with Crippen molar-refractivity contribution in [1.29, 1.82) is 0 Å². The summed E-state index contributed by atoms with van der Waals surface area (Å²) in [6.45, 7) is 2.91. The molecule has 4 rings (SSSR count). The Labute approximate surface area is 111 Å². The third kappa shape index (κ3) is 1.58. The summed E-state index contributed by atoms with van der Waals surface area (Å²) in [5.74, 6) is 1.79. The van der Waals surface area contributed by atoms with Gasteiger partial charge in [-0.3, -0.25) is 0 Å². The molecule has 0 amide bonds. The van der Waals surface area contributed by atoms with Crippen LogP contribution in [0.15, 0.2) is 48.5 Å². The zero-order chi connectivity index (χ0) is 12.8. The molecule has 0 saturated carbocycles. The van der Waals surface area contributed by atoms with Crippen molar-refractivity contribution in [2.75, 3.05) is 0 Å². The van der Waals surface area contributed by atoms with Gasteiger partial charge in [0.15, 0.2) is 11.6 Å². The van der Waals surface area contributed by atoms with E-state index in [1.54, 1.807) is 0 Å². The maximum Gasteiger partial charge on any atom is 0.181 e. The Morgan fingerprint density at radius 3 is 2.84 bits per heavy atom. The number of hydrogen-bond acceptors (Lipinski definition) is 2. The number of fused-ring (bicyclic) bond motifs is 3. The highest BCUT2D eigenvalue weighted by atomic mass is 15.4. The van der Waals surface area contributed by atoms with Gasteiger partial charge >= 0.3 is 0 Å². The van der Waals surface area contributed by atoms with Gasteiger partial charge in [-0.25, -0.2) is 9.67 Å². The minimum Gasteiger partial charge on any atom is -0.241 e. The lowest BCUT2D eigenvalue weighted by molar-refractivity contribution is 0.722. The highest BCUT2D eigenvalue weighted by Crippen LogP contribution is 2.31. The maximum atomic E-state index is 4.70. The fourth-order valence-electron chi connectivity index (χ4n) is 2.60. The van der Waals surface area contributed by atoms with E-state index in [1.165, 1.54) is 16.7 Å². The summed E-state index contributed by atoms with van der Waals surface area (Å²) in [6, 6.07) is 16.7. The van der Waals surface area contributed by atoms with Crippen LogP contribution in [0, 0.1) is 6.92 Å². The van der Waals surface area contributed by atoms with Crippen LogP contribution in [0.4, 0.5) is 0 Å². The molecule has 0 bridgehead atoms. The molecular formula is C16H13N3. The van der Waals surface area contributed by atoms with Crippen molar-refractivity contribution >= 4 is 0 Å². The first-order valence-electron chi connectivity index (χ1n) is 6.41. The Bertz CT molecular complexity index is 771. The molecule has 2 heterocycles. The van der Waals surface area contributed by atoms with Gasteiger partial charge in [0.25, 0.3) is 0 Å². The van der Waals surface area contributed by atoms with E-state index >= 15 is 0 Å². The van der Waals surface area contributed by atoms with Crippen molar-refractivity contribution in [3.05, 3.63) is 59.7 Å². The van der Waals surface area contributed by atoms with Gasteiger partial charge in [0.2, 0.25) is 0 Å². The van der Waals surface area contributed by atoms with E-state index in [9.17, 15) is 0 Å². The predicted octanol–water partition coefficient (Wildman–Crippen LogP) is 3.28. The van der Waals surface area contributed by atoms with Gasteiger partial charge in [0, 0.05) is 11.1 Å². The molecule has 0 atom stereocenters. The lowest BCUT2D eigenvalue weighted by Gasteiger charge is -1.98. The average molecular weight is 247 g/mol. The molecule has 1 aromatic heterocycles. The summed E-state index contributed by atoms with van der Waals surface area (Å²) in [4.78, 5) is 4.70. The van der Waals surface area contributed by atoms with Crippen LogP contribution < -0.4 is 0 Å². The molecule has 0 aliphatic carbocycles. The minimum absolute atomic E-state index is 0.813. The third-order valence-electron chi connectivity index (χ3n) is 3.53. The van der Waals surface area contributed by atoms with E-state index in [4.69, 9.17) is 4.98 Å². The van der Waals surface area contributed by atoms with Gasteiger partial charge in [-0.15, -0.1) is 0 Å².